The molecule has 0 atom stereocenters. The summed E-state index contributed by atoms with van der Waals surface area (Å²) in [5.74, 6) is -4.43. The van der Waals surface area contributed by atoms with Crippen molar-refractivity contribution < 1.29 is 97.3 Å². The Morgan fingerprint density at radius 2 is 1.15 bits per heavy atom. The second-order valence-electron chi connectivity index (χ2n) is 23.5. The van der Waals surface area contributed by atoms with Gasteiger partial charge in [-0.05, 0) is 129 Å². The zero-order valence-electron chi connectivity index (χ0n) is 58.1. The number of nitro benzene ring substituents is 1. The molecule has 111 heavy (non-hydrogen) atoms. The van der Waals surface area contributed by atoms with Gasteiger partial charge in [0.25, 0.3) is 66.4 Å². The molecule has 0 saturated carbocycles. The fourth-order valence-electron chi connectivity index (χ4n) is 10.1. The van der Waals surface area contributed by atoms with Crippen LogP contribution in [0.1, 0.15) is 54.9 Å². The van der Waals surface area contributed by atoms with Crippen LogP contribution in [0.3, 0.4) is 0 Å². The number of rotatable bonds is 37. The molecule has 0 amide bonds. The molecular formula is C62H64N18O23S8. The van der Waals surface area contributed by atoms with Gasteiger partial charge in [0.1, 0.15) is 50.8 Å². The van der Waals surface area contributed by atoms with Crippen molar-refractivity contribution in [3.8, 4) is 23.4 Å². The van der Waals surface area contributed by atoms with Crippen molar-refractivity contribution in [2.24, 2.45) is 40.9 Å². The van der Waals surface area contributed by atoms with Gasteiger partial charge in [0, 0.05) is 51.9 Å². The number of anilines is 5. The van der Waals surface area contributed by atoms with E-state index >= 15 is 0 Å². The first-order valence-corrected chi connectivity index (χ1v) is 43.3. The van der Waals surface area contributed by atoms with E-state index in [0.717, 1.165) is 47.8 Å². The van der Waals surface area contributed by atoms with Gasteiger partial charge in [-0.3, -0.25) is 41.8 Å². The van der Waals surface area contributed by atoms with Gasteiger partial charge >= 0.3 is 0 Å². The molecule has 9 aromatic rings. The number of pyridine rings is 1. The minimum absolute atomic E-state index is 0.00200. The summed E-state index contributed by atoms with van der Waals surface area (Å²) in [6.45, 7) is 4.03. The Balaban J connectivity index is 1.23. The second kappa shape index (κ2) is 35.7. The van der Waals surface area contributed by atoms with Crippen molar-refractivity contribution >= 4 is 181 Å². The first-order valence-electron chi connectivity index (χ1n) is 32.0. The molecule has 0 aliphatic rings. The molecule has 0 spiro atoms. The molecule has 0 bridgehead atoms. The maximum absolute atomic E-state index is 12.4. The maximum atomic E-state index is 12.4. The minimum Gasteiger partial charge on any atom is -0.497 e. The molecule has 41 nitrogen and oxygen atoms in total. The number of aromatic nitrogens is 5. The number of imidazole rings is 1. The zero-order valence-corrected chi connectivity index (χ0v) is 64.6. The van der Waals surface area contributed by atoms with Crippen LogP contribution in [-0.2, 0) is 67.1 Å². The van der Waals surface area contributed by atoms with Crippen molar-refractivity contribution in [1.29, 1.82) is 5.26 Å². The van der Waals surface area contributed by atoms with Crippen LogP contribution in [0.4, 0.5) is 80.4 Å². The van der Waals surface area contributed by atoms with E-state index in [9.17, 15) is 98.3 Å². The van der Waals surface area contributed by atoms with Crippen LogP contribution < -0.4 is 25.4 Å². The van der Waals surface area contributed by atoms with Crippen molar-refractivity contribution in [3.63, 3.8) is 0 Å². The molecular weight excluding hydrogens is 1620 g/mol. The number of ether oxygens (including phenoxy) is 2. The zero-order chi connectivity index (χ0) is 81.0. The first kappa shape index (κ1) is 84.5. The Labute approximate surface area is 641 Å². The van der Waals surface area contributed by atoms with Crippen LogP contribution in [0.2, 0.25) is 0 Å². The van der Waals surface area contributed by atoms with Crippen LogP contribution in [0, 0.1) is 35.3 Å². The second-order valence-corrected chi connectivity index (χ2v) is 34.9. The Morgan fingerprint density at radius 3 is 1.75 bits per heavy atom. The van der Waals surface area contributed by atoms with Gasteiger partial charge in [-0.2, -0.15) is 80.9 Å². The predicted octanol–water partition coefficient (Wildman–Crippen LogP) is 13.1. The van der Waals surface area contributed by atoms with Gasteiger partial charge in [0.05, 0.1) is 80.3 Å². The van der Waals surface area contributed by atoms with Crippen molar-refractivity contribution in [1.82, 2.24) is 24.3 Å². The molecule has 3 heterocycles. The summed E-state index contributed by atoms with van der Waals surface area (Å²) in [7, 11) is -26.6. The number of azo groups is 4. The Hall–Kier alpha value is -10.5. The summed E-state index contributed by atoms with van der Waals surface area (Å²) in [4.78, 5) is 27.1. The fraction of sp³-hybridized carbons (Fsp3) is 0.274. The molecule has 0 aliphatic carbocycles. The highest BCUT2D eigenvalue weighted by Gasteiger charge is 2.26. The normalized spacial score (nSPS) is 12.6. The summed E-state index contributed by atoms with van der Waals surface area (Å²) >= 11 is 1.92. The average molecular weight is 1690 g/mol. The monoisotopic (exact) mass is 1680 g/mol. The molecule has 49 heteroatoms. The van der Waals surface area contributed by atoms with Crippen LogP contribution >= 0.6 is 23.5 Å². The van der Waals surface area contributed by atoms with E-state index < -0.39 is 134 Å². The number of non-ortho nitro benzene ring substituents is 1. The van der Waals surface area contributed by atoms with E-state index in [1.54, 1.807) is 25.1 Å². The van der Waals surface area contributed by atoms with Crippen LogP contribution in [0.5, 0.6) is 17.4 Å². The number of methoxy groups -OCH3 is 1. The highest BCUT2D eigenvalue weighted by Crippen LogP contribution is 2.46. The number of nitrogens with zero attached hydrogens (tertiary/aromatic N) is 15. The fourth-order valence-corrected chi connectivity index (χ4v) is 15.4. The number of hydrogen-bond donors (Lipinski definition) is 10. The maximum Gasteiger partial charge on any atom is 0.297 e. The van der Waals surface area contributed by atoms with Gasteiger partial charge in [0.15, 0.2) is 11.3 Å². The van der Waals surface area contributed by atoms with E-state index in [2.05, 4.69) is 82.9 Å². The Morgan fingerprint density at radius 1 is 0.595 bits per heavy atom. The molecule has 9 rings (SSSR count). The smallest absolute Gasteiger partial charge is 0.297 e. The molecule has 0 fully saturated rings. The van der Waals surface area contributed by atoms with E-state index in [1.807, 2.05) is 6.92 Å². The lowest BCUT2D eigenvalue weighted by molar-refractivity contribution is -0.385. The molecule has 3 aromatic heterocycles. The number of thioether (sulfide) groups is 2. The van der Waals surface area contributed by atoms with Crippen molar-refractivity contribution in [2.45, 2.75) is 72.5 Å². The van der Waals surface area contributed by atoms with Crippen molar-refractivity contribution in [2.75, 3.05) is 70.7 Å². The van der Waals surface area contributed by atoms with Gasteiger partial charge in [-0.25, -0.2) is 4.98 Å². The van der Waals surface area contributed by atoms with E-state index in [0.29, 0.717) is 34.8 Å². The van der Waals surface area contributed by atoms with Gasteiger partial charge in [-0.1, -0.05) is 19.4 Å². The average Bonchev–Trinajstić information content (AvgIpc) is 1.60. The molecule has 0 aliphatic heterocycles. The van der Waals surface area contributed by atoms with Crippen LogP contribution in [-0.4, -0.2) is 167 Å². The first-order chi connectivity index (χ1) is 52.2. The molecule has 0 unspecified atom stereocenters. The summed E-state index contributed by atoms with van der Waals surface area (Å²) < 4.78 is 216. The number of nitrogens with one attached hydrogen (secondary N) is 3. The number of aryl methyl sites for hydroxylation is 2. The highest BCUT2D eigenvalue weighted by atomic mass is 32.2. The number of nitro groups is 1. The van der Waals surface area contributed by atoms with Gasteiger partial charge in [-0.15, -0.1) is 54.2 Å². The summed E-state index contributed by atoms with van der Waals surface area (Å²) in [6.07, 6.45) is 0.0987. The van der Waals surface area contributed by atoms with Crippen LogP contribution in [0.25, 0.3) is 16.7 Å². The van der Waals surface area contributed by atoms with Gasteiger partial charge in [0.2, 0.25) is 23.7 Å². The number of hydrogen-bond acceptors (Lipinski definition) is 35. The molecule has 10 N–H and O–H groups in total. The third-order valence-electron chi connectivity index (χ3n) is 15.2. The summed E-state index contributed by atoms with van der Waals surface area (Å²) in [6, 6.07) is 22.4. The van der Waals surface area contributed by atoms with E-state index in [4.69, 9.17) is 9.47 Å². The van der Waals surface area contributed by atoms with E-state index in [-0.39, 0.29) is 139 Å². The molecule has 0 radical (unpaired) electrons. The van der Waals surface area contributed by atoms with Crippen molar-refractivity contribution in [3.05, 3.63) is 129 Å². The largest absolute Gasteiger partial charge is 0.497 e. The minimum atomic E-state index is -5.14. The molecule has 0 saturated heterocycles. The highest BCUT2D eigenvalue weighted by molar-refractivity contribution is 7.99. The SMILES string of the molecule is CCCc1c(N=Nc2cc(C)c(N=Nc3cc(Nc4nc(NCCS(=O)(=O)O)nc(Nc5cccc(S(=O)(=O)O)c5)n4)c(N=Nc4cc(C)c(N=Nc5ccc([N+](=O)[O-])cc5S(=O)(=O)O)cc4SCCCS(=O)(=O)O)cc3SCCCS(=O)(=O)O)cc2OCCCS(=O)(=O)O)c(O)n2c(nc3cc(OC)ccc32)c1C#N. The number of benzene rings is 6. The lowest BCUT2D eigenvalue weighted by atomic mass is 10.0. The third kappa shape index (κ3) is 23.8. The quantitative estimate of drug-likeness (QED) is 0.00432. The standard InChI is InChI=1S/C62H64N18O23S8/c1-5-10-41-42(34-63)58-66-48-29-39(102-4)14-16-52(48)79(58)59(81)57(41)78-75-49-25-35(2)44(31-53(49)103-18-7-21-106(84,85)86)72-77-51-30-46(67-62-69-60(64-17-24-109(93,94)95)68-61(70-62)65-37-11-6-12-40(27-37)110(96,97)98)47(33-55(51)105-20-9-23-108(90,91)92)74-76-50-26-36(3)45(32-54(50)104-19-8-22-107(87,88)89)73-71-43-15-13-38(80(82)83)28-56(43)111(99,100)101/h6,11-16,25-33,81H,5,7-10,17-24H2,1-4H3,(H,84,85,86)(H,87,88,89)(H,90,91,92)(H,93,94,95)(H,96,97,98)(H,99,100,101)(H3,64,65,67,68,69,70). The lowest BCUT2D eigenvalue weighted by Crippen LogP contribution is -2.17. The Kier molecular flexibility index (Phi) is 27.2. The lowest BCUT2D eigenvalue weighted by Gasteiger charge is -2.15. The number of fused-ring (bicyclic) bond motifs is 3. The molecule has 6 aromatic carbocycles. The molecule has 588 valence electrons. The topological polar surface area (TPSA) is 623 Å². The number of aromatic hydroxyl groups is 1. The van der Waals surface area contributed by atoms with Gasteiger partial charge < -0.3 is 30.5 Å². The summed E-state index contributed by atoms with van der Waals surface area (Å²) in [5, 5.41) is 78.0. The number of nitriles is 1. The van der Waals surface area contributed by atoms with Crippen LogP contribution in [0.15, 0.2) is 158 Å². The summed E-state index contributed by atoms with van der Waals surface area (Å²) in [5.41, 5.74) is 0.0298. The third-order valence-corrected chi connectivity index (χ3v) is 22.3. The van der Waals surface area contributed by atoms with E-state index in [1.165, 1.54) is 67.0 Å². The Bertz CT molecular complexity index is 6030. The predicted molar refractivity (Wildman–Crippen MR) is 406 cm³/mol.